The number of rotatable bonds is 3. The molecule has 1 aromatic carbocycles. The third-order valence-corrected chi connectivity index (χ3v) is 2.89. The van der Waals surface area contributed by atoms with Crippen molar-refractivity contribution in [1.82, 2.24) is 0 Å². The molecule has 0 aromatic heterocycles. The van der Waals surface area contributed by atoms with Crippen LogP contribution in [0.4, 0.5) is 19.4 Å². The summed E-state index contributed by atoms with van der Waals surface area (Å²) < 4.78 is 61.1. The highest BCUT2D eigenvalue weighted by molar-refractivity contribution is 8.45. The zero-order valence-corrected chi connectivity index (χ0v) is 8.49. The second kappa shape index (κ2) is 2.88. The maximum Gasteiger partial charge on any atom is 0.310 e. The van der Waals surface area contributed by atoms with E-state index in [0.29, 0.717) is 0 Å². The molecule has 0 bridgehead atoms. The van der Waals surface area contributed by atoms with Crippen molar-refractivity contribution >= 4 is 16.2 Å². The van der Waals surface area contributed by atoms with Crippen molar-refractivity contribution in [3.8, 4) is 0 Å². The number of aliphatic carboxylic acids is 1. The summed E-state index contributed by atoms with van der Waals surface area (Å²) in [5.41, 5.74) is 0.0260. The molecule has 0 amide bonds. The van der Waals surface area contributed by atoms with Crippen molar-refractivity contribution in [2.24, 2.45) is 0 Å². The van der Waals surface area contributed by atoms with E-state index in [4.69, 9.17) is 5.11 Å². The maximum absolute atomic E-state index is 12.2. The number of carboxylic acids is 1. The summed E-state index contributed by atoms with van der Waals surface area (Å²) in [4.78, 5) is 8.19. The lowest BCUT2D eigenvalue weighted by atomic mass is 10.2. The summed E-state index contributed by atoms with van der Waals surface area (Å²) >= 11 is 0. The molecule has 1 N–H and O–H groups in total. The number of hydrogen-bond acceptors (Lipinski definition) is 1. The highest BCUT2D eigenvalue weighted by Crippen LogP contribution is 3.02. The van der Waals surface area contributed by atoms with E-state index in [2.05, 4.69) is 0 Å². The molecule has 0 aliphatic carbocycles. The van der Waals surface area contributed by atoms with Gasteiger partial charge in [0.15, 0.2) is 0 Å². The van der Waals surface area contributed by atoms with Crippen LogP contribution in [0.3, 0.4) is 0 Å². The lowest BCUT2D eigenvalue weighted by molar-refractivity contribution is -0.136. The van der Waals surface area contributed by atoms with Crippen LogP contribution in [-0.4, -0.2) is 11.1 Å². The van der Waals surface area contributed by atoms with Crippen LogP contribution in [0.25, 0.3) is 0 Å². The molecule has 0 unspecified atom stereocenters. The van der Waals surface area contributed by atoms with Gasteiger partial charge < -0.3 is 5.11 Å². The van der Waals surface area contributed by atoms with Gasteiger partial charge in [0, 0.05) is 0 Å². The summed E-state index contributed by atoms with van der Waals surface area (Å²) in [5, 5.41) is 8.33. The molecule has 92 valence electrons. The molecule has 0 aliphatic heterocycles. The third kappa shape index (κ3) is 3.37. The van der Waals surface area contributed by atoms with Crippen molar-refractivity contribution in [3.05, 3.63) is 29.8 Å². The highest BCUT2D eigenvalue weighted by atomic mass is 32.5. The fourth-order valence-electron chi connectivity index (χ4n) is 1.04. The minimum Gasteiger partial charge on any atom is -0.481 e. The van der Waals surface area contributed by atoms with Crippen molar-refractivity contribution in [2.75, 3.05) is 0 Å². The molecular weight excluding hydrogens is 255 g/mol. The molecule has 0 atom stereocenters. The van der Waals surface area contributed by atoms with Crippen LogP contribution in [0, 0.1) is 0 Å². The van der Waals surface area contributed by atoms with Crippen LogP contribution in [0.1, 0.15) is 5.56 Å². The number of benzene rings is 1. The Morgan fingerprint density at radius 3 is 1.81 bits per heavy atom. The third-order valence-electron chi connectivity index (χ3n) is 1.72. The molecule has 2 nitrogen and oxygen atoms in total. The molecule has 0 saturated heterocycles. The summed E-state index contributed by atoms with van der Waals surface area (Å²) in [6.07, 6.45) is -0.513. The van der Waals surface area contributed by atoms with Crippen LogP contribution in [0.5, 0.6) is 0 Å². The predicted molar refractivity (Wildman–Crippen MR) is 49.2 cm³/mol. The summed E-state index contributed by atoms with van der Waals surface area (Å²) in [6, 6.07) is 1.84. The minimum absolute atomic E-state index is 0.0260. The zero-order chi connectivity index (χ0) is 12.7. The molecule has 0 radical (unpaired) electrons. The van der Waals surface area contributed by atoms with E-state index in [1.54, 1.807) is 0 Å². The minimum atomic E-state index is -9.64. The van der Waals surface area contributed by atoms with Gasteiger partial charge in [-0.2, -0.15) is 0 Å². The Hall–Kier alpha value is -1.31. The van der Waals surface area contributed by atoms with Crippen LogP contribution < -0.4 is 0 Å². The van der Waals surface area contributed by atoms with Crippen molar-refractivity contribution < 1.29 is 29.3 Å². The van der Waals surface area contributed by atoms with Gasteiger partial charge in [0.25, 0.3) is 0 Å². The second-order valence-corrected chi connectivity index (χ2v) is 5.59. The van der Waals surface area contributed by atoms with E-state index in [9.17, 15) is 24.2 Å². The van der Waals surface area contributed by atoms with Gasteiger partial charge in [-0.25, -0.2) is 0 Å². The molecule has 0 spiro atoms. The molecule has 0 heterocycles. The van der Waals surface area contributed by atoms with Crippen molar-refractivity contribution in [3.63, 3.8) is 0 Å². The number of halogens is 5. The Balaban J connectivity index is 3.11. The lowest BCUT2D eigenvalue weighted by Crippen LogP contribution is -2.06. The first-order valence-electron chi connectivity index (χ1n) is 3.93. The fraction of sp³-hybridized carbons (Fsp3) is 0.125. The Bertz CT molecular complexity index is 421. The molecule has 0 saturated carbocycles. The first kappa shape index (κ1) is 12.8. The van der Waals surface area contributed by atoms with Gasteiger partial charge in [-0.1, -0.05) is 31.6 Å². The zero-order valence-electron chi connectivity index (χ0n) is 7.67. The first-order chi connectivity index (χ1) is 6.88. The van der Waals surface area contributed by atoms with Crippen molar-refractivity contribution in [1.29, 1.82) is 0 Å². The van der Waals surface area contributed by atoms with Crippen LogP contribution >= 0.6 is 10.2 Å². The predicted octanol–water partition coefficient (Wildman–Crippen LogP) is 3.97. The maximum atomic E-state index is 12.2. The highest BCUT2D eigenvalue weighted by Gasteiger charge is 2.65. The topological polar surface area (TPSA) is 37.3 Å². The number of carbonyl (C=O) groups is 1. The van der Waals surface area contributed by atoms with Gasteiger partial charge in [0.2, 0.25) is 0 Å². The van der Waals surface area contributed by atoms with Gasteiger partial charge in [-0.15, -0.1) is 0 Å². The Kier molecular flexibility index (Phi) is 2.29. The van der Waals surface area contributed by atoms with Gasteiger partial charge in [0.1, 0.15) is 4.90 Å². The summed E-state index contributed by atoms with van der Waals surface area (Å²) in [6.45, 7) is 0. The van der Waals surface area contributed by atoms with Gasteiger partial charge >= 0.3 is 16.2 Å². The van der Waals surface area contributed by atoms with Crippen molar-refractivity contribution in [2.45, 2.75) is 11.3 Å². The molecule has 1 rings (SSSR count). The van der Waals surface area contributed by atoms with E-state index < -0.39 is 27.5 Å². The Morgan fingerprint density at radius 2 is 1.50 bits per heavy atom. The molecule has 1 aromatic rings. The lowest BCUT2D eigenvalue weighted by Gasteiger charge is -2.40. The Labute approximate surface area is 87.4 Å². The first-order valence-corrected chi connectivity index (χ1v) is 5.88. The van der Waals surface area contributed by atoms with Gasteiger partial charge in [-0.3, -0.25) is 4.79 Å². The average Bonchev–Trinajstić information content (AvgIpc) is 1.99. The SMILES string of the molecule is O=C(O)Cc1ccc(S(F)(F)(F)(F)F)cc1. The van der Waals surface area contributed by atoms with Gasteiger partial charge in [-0.05, 0) is 17.7 Å². The summed E-state index contributed by atoms with van der Waals surface area (Å²) in [5.74, 6) is -1.25. The smallest absolute Gasteiger partial charge is 0.310 e. The standard InChI is InChI=1S/C8H7F5O2S/c9-16(10,11,12,13)7-3-1-6(2-4-7)5-8(14)15/h1-4H,5H2,(H,14,15). The average molecular weight is 262 g/mol. The molecule has 8 heteroatoms. The van der Waals surface area contributed by atoms with Crippen LogP contribution in [0.15, 0.2) is 29.2 Å². The molecule has 16 heavy (non-hydrogen) atoms. The van der Waals surface area contributed by atoms with Crippen LogP contribution in [0.2, 0.25) is 0 Å². The normalized spacial score (nSPS) is 16.3. The van der Waals surface area contributed by atoms with Gasteiger partial charge in [0.05, 0.1) is 6.42 Å². The second-order valence-electron chi connectivity index (χ2n) is 3.18. The number of carboxylic acid groups (broad SMARTS) is 1. The largest absolute Gasteiger partial charge is 0.481 e. The summed E-state index contributed by atoms with van der Waals surface area (Å²) in [7, 11) is -9.64. The molecule has 0 fully saturated rings. The van der Waals surface area contributed by atoms with E-state index >= 15 is 0 Å². The van der Waals surface area contributed by atoms with E-state index in [1.165, 1.54) is 0 Å². The number of hydrogen-bond donors (Lipinski definition) is 1. The van der Waals surface area contributed by atoms with E-state index in [0.717, 1.165) is 12.1 Å². The van der Waals surface area contributed by atoms with E-state index in [-0.39, 0.29) is 17.7 Å². The van der Waals surface area contributed by atoms with E-state index in [1.807, 2.05) is 0 Å². The monoisotopic (exact) mass is 262 g/mol. The Morgan fingerprint density at radius 1 is 1.06 bits per heavy atom. The quantitative estimate of drug-likeness (QED) is 0.837. The molecular formula is C8H7F5O2S. The van der Waals surface area contributed by atoms with Crippen LogP contribution in [-0.2, 0) is 11.2 Å². The molecule has 0 aliphatic rings. The fourth-order valence-corrected chi connectivity index (χ4v) is 1.69.